The molecule has 5 aromatic carbocycles. The third-order valence-electron chi connectivity index (χ3n) is 9.33. The van der Waals surface area contributed by atoms with Gasteiger partial charge in [-0.15, -0.1) is 59.1 Å². The molecule has 0 N–H and O–H groups in total. The molecule has 1 radical (unpaired) electrons. The Morgan fingerprint density at radius 3 is 2.10 bits per heavy atom. The minimum absolute atomic E-state index is 0. The minimum Gasteiger partial charge on any atom is -0.503 e. The smallest absolute Gasteiger partial charge is 0.241 e. The fraction of sp³-hybridized carbons (Fsp3) is 0.0909. The molecule has 0 saturated heterocycles. The number of para-hydroxylation sites is 1. The molecular weight excluding hydrogens is 792 g/mol. The molecule has 50 heavy (non-hydrogen) atoms. The van der Waals surface area contributed by atoms with Gasteiger partial charge in [-0.1, -0.05) is 84.8 Å². The maximum absolute atomic E-state index is 6.55. The van der Waals surface area contributed by atoms with E-state index in [9.17, 15) is 0 Å². The van der Waals surface area contributed by atoms with Crippen LogP contribution in [0.2, 0.25) is 0 Å². The molecule has 0 spiro atoms. The number of fused-ring (bicyclic) bond motifs is 4. The predicted molar refractivity (Wildman–Crippen MR) is 199 cm³/mol. The van der Waals surface area contributed by atoms with Gasteiger partial charge in [0, 0.05) is 43.7 Å². The van der Waals surface area contributed by atoms with E-state index in [1.807, 2.05) is 60.9 Å². The molecule has 0 amide bonds. The molecule has 0 fully saturated rings. The summed E-state index contributed by atoms with van der Waals surface area (Å²) < 4.78 is 12.8. The largest absolute Gasteiger partial charge is 0.503 e. The quantitative estimate of drug-likeness (QED) is 0.132. The second-order valence-electron chi connectivity index (χ2n) is 12.7. The van der Waals surface area contributed by atoms with E-state index in [1.54, 1.807) is 0 Å². The molecule has 6 heteroatoms. The molecule has 0 saturated carbocycles. The van der Waals surface area contributed by atoms with Crippen molar-refractivity contribution < 1.29 is 29.6 Å². The van der Waals surface area contributed by atoms with Crippen LogP contribution in [0.3, 0.4) is 0 Å². The SMILES string of the molecule is Cc1c[c-]c(-c2cc(C)c(C)cn2)cc1.Cc1cnc(-c2[c-]ccc3c2Oc2cccc4c2B3c2ccccc2O4)cc1-c1ccccc1.[Ir]. The second-order valence-corrected chi connectivity index (χ2v) is 12.7. The normalized spacial score (nSPS) is 11.7. The van der Waals surface area contributed by atoms with Gasteiger partial charge in [-0.05, 0) is 78.1 Å². The zero-order valence-corrected chi connectivity index (χ0v) is 30.6. The Labute approximate surface area is 307 Å². The Balaban J connectivity index is 0.000000207. The van der Waals surface area contributed by atoms with Crippen molar-refractivity contribution in [3.05, 3.63) is 162 Å². The van der Waals surface area contributed by atoms with E-state index in [4.69, 9.17) is 14.5 Å². The molecule has 4 nitrogen and oxygen atoms in total. The average molecular weight is 825 g/mol. The van der Waals surface area contributed by atoms with E-state index in [2.05, 4.69) is 112 Å². The summed E-state index contributed by atoms with van der Waals surface area (Å²) in [7, 11) is 0. The van der Waals surface area contributed by atoms with Crippen molar-refractivity contribution in [1.82, 2.24) is 9.97 Å². The number of aromatic nitrogens is 2. The zero-order chi connectivity index (χ0) is 33.5. The van der Waals surface area contributed by atoms with Crippen LogP contribution in [0.25, 0.3) is 33.6 Å². The number of aryl methyl sites for hydroxylation is 4. The van der Waals surface area contributed by atoms with Crippen LogP contribution < -0.4 is 25.9 Å². The molecule has 0 atom stereocenters. The van der Waals surface area contributed by atoms with Crippen LogP contribution >= 0.6 is 0 Å². The summed E-state index contributed by atoms with van der Waals surface area (Å²) in [6, 6.07) is 45.8. The fourth-order valence-electron chi connectivity index (χ4n) is 6.56. The second kappa shape index (κ2) is 13.9. The van der Waals surface area contributed by atoms with Gasteiger partial charge in [0.2, 0.25) is 6.71 Å². The molecule has 0 bridgehead atoms. The van der Waals surface area contributed by atoms with Crippen molar-refractivity contribution >= 4 is 23.1 Å². The van der Waals surface area contributed by atoms with Crippen LogP contribution in [-0.4, -0.2) is 16.7 Å². The first-order valence-electron chi connectivity index (χ1n) is 16.5. The number of nitrogens with zero attached hydrogens (tertiary/aromatic N) is 2. The van der Waals surface area contributed by atoms with E-state index in [-0.39, 0.29) is 26.8 Å². The van der Waals surface area contributed by atoms with Gasteiger partial charge in [-0.3, -0.25) is 0 Å². The van der Waals surface area contributed by atoms with Crippen molar-refractivity contribution in [3.8, 4) is 56.6 Å². The van der Waals surface area contributed by atoms with Crippen molar-refractivity contribution in [2.24, 2.45) is 0 Å². The predicted octanol–water partition coefficient (Wildman–Crippen LogP) is 8.72. The number of ether oxygens (including phenoxy) is 2. The molecule has 7 aromatic rings. The van der Waals surface area contributed by atoms with Gasteiger partial charge in [0.25, 0.3) is 0 Å². The van der Waals surface area contributed by atoms with E-state index < -0.39 is 0 Å². The van der Waals surface area contributed by atoms with Crippen LogP contribution in [-0.2, 0) is 20.1 Å². The number of hydrogen-bond donors (Lipinski definition) is 0. The Bertz CT molecular complexity index is 2340. The summed E-state index contributed by atoms with van der Waals surface area (Å²) in [5.74, 6) is 3.37. The Hall–Kier alpha value is -5.29. The molecule has 0 unspecified atom stereocenters. The molecule has 245 valence electrons. The molecule has 2 aliphatic heterocycles. The first-order chi connectivity index (χ1) is 23.9. The number of rotatable bonds is 3. The fourth-order valence-corrected chi connectivity index (χ4v) is 6.56. The maximum atomic E-state index is 6.55. The number of hydrogen-bond acceptors (Lipinski definition) is 4. The van der Waals surface area contributed by atoms with Crippen molar-refractivity contribution in [2.45, 2.75) is 27.7 Å². The first kappa shape index (κ1) is 33.2. The molecule has 9 rings (SSSR count). The van der Waals surface area contributed by atoms with Crippen LogP contribution in [0.4, 0.5) is 0 Å². The minimum atomic E-state index is 0. The molecule has 0 aliphatic carbocycles. The molecule has 2 aliphatic rings. The monoisotopic (exact) mass is 825 g/mol. The van der Waals surface area contributed by atoms with Crippen molar-refractivity contribution in [1.29, 1.82) is 0 Å². The van der Waals surface area contributed by atoms with Crippen LogP contribution in [0.1, 0.15) is 22.3 Å². The first-order valence-corrected chi connectivity index (χ1v) is 16.5. The Morgan fingerprint density at radius 2 is 1.32 bits per heavy atom. The van der Waals surface area contributed by atoms with Crippen LogP contribution in [0.15, 0.2) is 128 Å². The van der Waals surface area contributed by atoms with Crippen molar-refractivity contribution in [3.63, 3.8) is 0 Å². The van der Waals surface area contributed by atoms with Crippen molar-refractivity contribution in [2.75, 3.05) is 0 Å². The average Bonchev–Trinajstić information content (AvgIpc) is 3.14. The van der Waals surface area contributed by atoms with E-state index in [0.717, 1.165) is 73.0 Å². The zero-order valence-electron chi connectivity index (χ0n) is 28.2. The van der Waals surface area contributed by atoms with Gasteiger partial charge in [-0.25, -0.2) is 0 Å². The van der Waals surface area contributed by atoms with Crippen LogP contribution in [0.5, 0.6) is 23.0 Å². The molecule has 4 heterocycles. The third-order valence-corrected chi connectivity index (χ3v) is 9.33. The van der Waals surface area contributed by atoms with Gasteiger partial charge < -0.3 is 19.4 Å². The van der Waals surface area contributed by atoms with Gasteiger partial charge >= 0.3 is 0 Å². The summed E-state index contributed by atoms with van der Waals surface area (Å²) in [6.07, 6.45) is 3.85. The van der Waals surface area contributed by atoms with Gasteiger partial charge in [-0.2, -0.15) is 0 Å². The van der Waals surface area contributed by atoms with E-state index >= 15 is 0 Å². The Morgan fingerprint density at radius 1 is 0.600 bits per heavy atom. The van der Waals surface area contributed by atoms with Gasteiger partial charge in [0.1, 0.15) is 17.2 Å². The molecular formula is C44H33BIrN2O2-2. The number of pyridine rings is 2. The number of benzene rings is 5. The standard InChI is InChI=1S/C30H19BNO2.C14H14N.Ir/c1-19-18-32-25(17-22(19)20-9-3-2-4-10-20)21-11-7-13-24-30(21)34-28-16-8-15-27-29(28)31(24)23-12-5-6-14-26(23)33-27;1-10-4-6-13(7-5-10)14-8-11(2)12(3)9-15-14;/h2-10,12-18H,1H3;4-6,8-9H,1-3H3;/q2*-1;. The summed E-state index contributed by atoms with van der Waals surface area (Å²) in [5, 5.41) is 0. The summed E-state index contributed by atoms with van der Waals surface area (Å²) in [5.41, 5.74) is 14.3. The maximum Gasteiger partial charge on any atom is 0.241 e. The van der Waals surface area contributed by atoms with Crippen LogP contribution in [0, 0.1) is 39.8 Å². The third kappa shape index (κ3) is 6.17. The summed E-state index contributed by atoms with van der Waals surface area (Å²) in [4.78, 5) is 9.20. The van der Waals surface area contributed by atoms with E-state index in [0.29, 0.717) is 0 Å². The topological polar surface area (TPSA) is 44.2 Å². The Kier molecular flexibility index (Phi) is 9.24. The summed E-state index contributed by atoms with van der Waals surface area (Å²) in [6.45, 7) is 8.37. The van der Waals surface area contributed by atoms with Gasteiger partial charge in [0.15, 0.2) is 0 Å². The summed E-state index contributed by atoms with van der Waals surface area (Å²) >= 11 is 0. The molecule has 2 aromatic heterocycles. The van der Waals surface area contributed by atoms with Gasteiger partial charge in [0.05, 0.1) is 0 Å². The van der Waals surface area contributed by atoms with E-state index in [1.165, 1.54) is 22.3 Å².